The fourth-order valence-corrected chi connectivity index (χ4v) is 4.27. The number of hydrogen-bond donors (Lipinski definition) is 0. The first-order chi connectivity index (χ1) is 15.7. The van der Waals surface area contributed by atoms with Crippen LogP contribution in [0.4, 0.5) is 22.0 Å². The highest BCUT2D eigenvalue weighted by Gasteiger charge is 2.36. The molecule has 4 nitrogen and oxygen atoms in total. The molecule has 0 aliphatic carbocycles. The van der Waals surface area contributed by atoms with E-state index in [0.29, 0.717) is 22.6 Å². The maximum atomic E-state index is 14.3. The number of nitrogens with zero attached hydrogens (tertiary/aromatic N) is 3. The molecule has 4 rings (SSSR count). The Hall–Kier alpha value is -3.84. The molecule has 166 valence electrons. The molecule has 10 heteroatoms. The third-order valence-corrected chi connectivity index (χ3v) is 5.88. The lowest BCUT2D eigenvalue weighted by molar-refractivity contribution is -0.137. The summed E-state index contributed by atoms with van der Waals surface area (Å²) >= 11 is 1.09. The molecule has 0 bridgehead atoms. The van der Waals surface area contributed by atoms with E-state index in [0.717, 1.165) is 33.6 Å². The molecule has 1 aromatic carbocycles. The van der Waals surface area contributed by atoms with E-state index in [1.165, 1.54) is 6.07 Å². The lowest BCUT2D eigenvalue weighted by atomic mass is 10.1. The maximum Gasteiger partial charge on any atom is 0.417 e. The van der Waals surface area contributed by atoms with Crippen LogP contribution in [0.2, 0.25) is 0 Å². The average molecular weight is 473 g/mol. The van der Waals surface area contributed by atoms with E-state index in [1.54, 1.807) is 36.0 Å². The summed E-state index contributed by atoms with van der Waals surface area (Å²) in [5.41, 5.74) is -2.50. The van der Waals surface area contributed by atoms with Gasteiger partial charge in [0.25, 0.3) is 5.56 Å². The Morgan fingerprint density at radius 2 is 1.76 bits per heavy atom. The van der Waals surface area contributed by atoms with E-state index in [1.807, 2.05) is 0 Å². The molecule has 0 amide bonds. The van der Waals surface area contributed by atoms with Gasteiger partial charge in [0.2, 0.25) is 0 Å². The number of halogens is 5. The summed E-state index contributed by atoms with van der Waals surface area (Å²) in [5, 5.41) is 11.0. The zero-order valence-electron chi connectivity index (χ0n) is 16.5. The van der Waals surface area contributed by atoms with E-state index < -0.39 is 41.0 Å². The number of rotatable bonds is 4. The van der Waals surface area contributed by atoms with Crippen molar-refractivity contribution < 1.29 is 22.0 Å². The molecule has 0 aliphatic rings. The number of nitriles is 1. The molecule has 0 spiro atoms. The Morgan fingerprint density at radius 1 is 1.03 bits per heavy atom. The molecule has 33 heavy (non-hydrogen) atoms. The van der Waals surface area contributed by atoms with Crippen molar-refractivity contribution >= 4 is 11.3 Å². The molecule has 3 aromatic heterocycles. The number of thiophene rings is 1. The van der Waals surface area contributed by atoms with Crippen LogP contribution in [0.1, 0.15) is 16.7 Å². The van der Waals surface area contributed by atoms with Gasteiger partial charge in [0.1, 0.15) is 23.3 Å². The van der Waals surface area contributed by atoms with Crippen LogP contribution < -0.4 is 5.56 Å². The highest BCUT2D eigenvalue weighted by molar-refractivity contribution is 7.14. The van der Waals surface area contributed by atoms with Crippen molar-refractivity contribution in [1.29, 1.82) is 5.26 Å². The molecule has 0 unspecified atom stereocenters. The quantitative estimate of drug-likeness (QED) is 0.349. The van der Waals surface area contributed by atoms with Gasteiger partial charge in [-0.25, -0.2) is 8.78 Å². The fourth-order valence-electron chi connectivity index (χ4n) is 3.33. The first-order valence-corrected chi connectivity index (χ1v) is 10.3. The summed E-state index contributed by atoms with van der Waals surface area (Å²) in [7, 11) is 0. The van der Waals surface area contributed by atoms with Crippen LogP contribution in [0.25, 0.3) is 21.7 Å². The fraction of sp³-hybridized carbons (Fsp3) is 0.0870. The Kier molecular flexibility index (Phi) is 5.82. The van der Waals surface area contributed by atoms with Crippen molar-refractivity contribution in [3.63, 3.8) is 0 Å². The number of aromatic nitrogens is 2. The van der Waals surface area contributed by atoms with Crippen LogP contribution in [0.15, 0.2) is 65.0 Å². The lowest BCUT2D eigenvalue weighted by Gasteiger charge is -2.17. The first kappa shape index (κ1) is 22.4. The molecule has 0 N–H and O–H groups in total. The van der Waals surface area contributed by atoms with Gasteiger partial charge in [0.15, 0.2) is 0 Å². The second-order valence-electron chi connectivity index (χ2n) is 6.99. The van der Waals surface area contributed by atoms with Crippen LogP contribution in [-0.2, 0) is 12.7 Å². The van der Waals surface area contributed by atoms with Gasteiger partial charge in [-0.1, -0.05) is 6.07 Å². The topological polar surface area (TPSA) is 58.7 Å². The molecule has 0 radical (unpaired) electrons. The minimum atomic E-state index is -4.95. The summed E-state index contributed by atoms with van der Waals surface area (Å²) in [6.07, 6.45) is -1.84. The molecule has 3 heterocycles. The Bertz CT molecular complexity index is 1440. The van der Waals surface area contributed by atoms with E-state index in [9.17, 15) is 32.0 Å². The van der Waals surface area contributed by atoms with E-state index >= 15 is 0 Å². The number of hydrogen-bond acceptors (Lipinski definition) is 4. The second kappa shape index (κ2) is 8.60. The summed E-state index contributed by atoms with van der Waals surface area (Å²) in [5.74, 6) is -1.80. The smallest absolute Gasteiger partial charge is 0.302 e. The summed E-state index contributed by atoms with van der Waals surface area (Å²) in [6.45, 7) is -0.490. The van der Waals surface area contributed by atoms with Crippen molar-refractivity contribution in [1.82, 2.24) is 9.55 Å². The highest BCUT2D eigenvalue weighted by atomic mass is 32.1. The molecule has 0 fully saturated rings. The predicted molar refractivity (Wildman–Crippen MR) is 112 cm³/mol. The second-order valence-corrected chi connectivity index (χ2v) is 7.90. The van der Waals surface area contributed by atoms with E-state index in [-0.39, 0.29) is 11.3 Å². The Morgan fingerprint density at radius 3 is 2.39 bits per heavy atom. The van der Waals surface area contributed by atoms with Crippen molar-refractivity contribution in [3.05, 3.63) is 98.9 Å². The first-order valence-electron chi connectivity index (χ1n) is 9.37. The Labute approximate surface area is 187 Å². The highest BCUT2D eigenvalue weighted by Crippen LogP contribution is 2.37. The van der Waals surface area contributed by atoms with E-state index in [4.69, 9.17) is 0 Å². The largest absolute Gasteiger partial charge is 0.417 e. The van der Waals surface area contributed by atoms with Gasteiger partial charge in [-0.05, 0) is 46.8 Å². The third kappa shape index (κ3) is 4.40. The molecule has 4 aromatic rings. The van der Waals surface area contributed by atoms with Gasteiger partial charge in [-0.15, -0.1) is 11.3 Å². The van der Waals surface area contributed by atoms with Crippen molar-refractivity contribution in [2.75, 3.05) is 0 Å². The molecular weight excluding hydrogens is 461 g/mol. The molecule has 0 saturated carbocycles. The number of alkyl halides is 3. The van der Waals surface area contributed by atoms with Crippen LogP contribution in [0, 0.1) is 23.0 Å². The normalized spacial score (nSPS) is 11.4. The molecule has 0 aliphatic heterocycles. The van der Waals surface area contributed by atoms with Crippen molar-refractivity contribution in [2.24, 2.45) is 0 Å². The molecule has 0 saturated heterocycles. The summed E-state index contributed by atoms with van der Waals surface area (Å²) in [6, 6.07) is 9.75. The predicted octanol–water partition coefficient (Wildman–Crippen LogP) is 5.86. The SMILES string of the molecule is N#Cc1c(C(F)(F)F)cc(-c2cc(-c3ccncc3)cs2)n(Cc2ccc(F)cc2F)c1=O. The summed E-state index contributed by atoms with van der Waals surface area (Å²) in [4.78, 5) is 17.2. The van der Waals surface area contributed by atoms with Crippen LogP contribution in [-0.4, -0.2) is 9.55 Å². The maximum absolute atomic E-state index is 14.3. The van der Waals surface area contributed by atoms with Gasteiger partial charge in [-0.3, -0.25) is 9.78 Å². The zero-order chi connectivity index (χ0) is 23.8. The van der Waals surface area contributed by atoms with Gasteiger partial charge in [0, 0.05) is 24.0 Å². The minimum Gasteiger partial charge on any atom is -0.302 e. The minimum absolute atomic E-state index is 0.116. The summed E-state index contributed by atoms with van der Waals surface area (Å²) < 4.78 is 69.4. The molecule has 0 atom stereocenters. The van der Waals surface area contributed by atoms with Gasteiger partial charge >= 0.3 is 6.18 Å². The van der Waals surface area contributed by atoms with Gasteiger partial charge in [-0.2, -0.15) is 18.4 Å². The van der Waals surface area contributed by atoms with Crippen LogP contribution >= 0.6 is 11.3 Å². The standard InChI is InChI=1S/C23H12F5N3OS/c24-16-2-1-14(19(25)8-16)11-31-20(9-18(23(26,27)28)17(10-29)22(31)32)21-7-15(12-33-21)13-3-5-30-6-4-13/h1-9,12H,11H2. The average Bonchev–Trinajstić information content (AvgIpc) is 3.26. The van der Waals surface area contributed by atoms with Crippen molar-refractivity contribution in [3.8, 4) is 27.8 Å². The van der Waals surface area contributed by atoms with E-state index in [2.05, 4.69) is 4.98 Å². The van der Waals surface area contributed by atoms with Gasteiger partial charge in [0.05, 0.1) is 22.7 Å². The monoisotopic (exact) mass is 473 g/mol. The van der Waals surface area contributed by atoms with Crippen LogP contribution in [0.5, 0.6) is 0 Å². The number of benzene rings is 1. The van der Waals surface area contributed by atoms with Crippen molar-refractivity contribution in [2.45, 2.75) is 12.7 Å². The Balaban J connectivity index is 1.94. The zero-order valence-corrected chi connectivity index (χ0v) is 17.3. The third-order valence-electron chi connectivity index (χ3n) is 4.93. The lowest BCUT2D eigenvalue weighted by Crippen LogP contribution is -2.28. The van der Waals surface area contributed by atoms with Crippen LogP contribution in [0.3, 0.4) is 0 Å². The molecular formula is C23H12F5N3OS. The van der Waals surface area contributed by atoms with Gasteiger partial charge < -0.3 is 4.57 Å². The number of pyridine rings is 2.